The Kier molecular flexibility index (Phi) is 3.98. The third kappa shape index (κ3) is 3.00. The number of carboxylic acid groups (broad SMARTS) is 1. The lowest BCUT2D eigenvalue weighted by atomic mass is 10.0. The topological polar surface area (TPSA) is 57.5 Å². The van der Waals surface area contributed by atoms with Crippen molar-refractivity contribution in [3.63, 3.8) is 0 Å². The van der Waals surface area contributed by atoms with Gasteiger partial charge in [0.15, 0.2) is 0 Å². The zero-order chi connectivity index (χ0) is 14.0. The summed E-state index contributed by atoms with van der Waals surface area (Å²) in [6, 6.07) is 10.2. The fourth-order valence-electron chi connectivity index (χ4n) is 1.78. The van der Waals surface area contributed by atoms with Gasteiger partial charge in [-0.2, -0.15) is 0 Å². The standard InChI is InChI=1S/C14H10Cl2O3/c15-11-4-2-1-3-9(11)5-8-6-10(14(18)19)13(17)12(16)7-8/h1-4,6-7,17H,5H2,(H,18,19). The lowest BCUT2D eigenvalue weighted by molar-refractivity contribution is 0.0693. The van der Waals surface area contributed by atoms with Gasteiger partial charge in [0, 0.05) is 5.02 Å². The van der Waals surface area contributed by atoms with E-state index in [1.165, 1.54) is 12.1 Å². The highest BCUT2D eigenvalue weighted by Gasteiger charge is 2.15. The fourth-order valence-corrected chi connectivity index (χ4v) is 2.23. The van der Waals surface area contributed by atoms with Crippen LogP contribution >= 0.6 is 23.2 Å². The Labute approximate surface area is 120 Å². The molecule has 0 aromatic heterocycles. The van der Waals surface area contributed by atoms with E-state index in [4.69, 9.17) is 28.3 Å². The van der Waals surface area contributed by atoms with Crippen molar-refractivity contribution in [1.82, 2.24) is 0 Å². The van der Waals surface area contributed by atoms with Crippen molar-refractivity contribution >= 4 is 29.2 Å². The first-order valence-corrected chi connectivity index (χ1v) is 6.22. The molecule has 0 aliphatic heterocycles. The van der Waals surface area contributed by atoms with Crippen LogP contribution in [0.4, 0.5) is 0 Å². The Morgan fingerprint density at radius 2 is 1.79 bits per heavy atom. The van der Waals surface area contributed by atoms with E-state index in [2.05, 4.69) is 0 Å². The third-order valence-corrected chi connectivity index (χ3v) is 3.36. The molecule has 5 heteroatoms. The van der Waals surface area contributed by atoms with Crippen LogP contribution in [0.1, 0.15) is 21.5 Å². The molecule has 0 amide bonds. The normalized spacial score (nSPS) is 10.4. The summed E-state index contributed by atoms with van der Waals surface area (Å²) in [4.78, 5) is 11.0. The monoisotopic (exact) mass is 296 g/mol. The summed E-state index contributed by atoms with van der Waals surface area (Å²) in [6.07, 6.45) is 0.444. The van der Waals surface area contributed by atoms with Crippen LogP contribution < -0.4 is 0 Å². The molecule has 2 aromatic carbocycles. The van der Waals surface area contributed by atoms with Crippen molar-refractivity contribution in [3.8, 4) is 5.75 Å². The van der Waals surface area contributed by atoms with Crippen LogP contribution in [-0.4, -0.2) is 16.2 Å². The molecule has 0 aliphatic rings. The van der Waals surface area contributed by atoms with E-state index in [9.17, 15) is 9.90 Å². The fraction of sp³-hybridized carbons (Fsp3) is 0.0714. The third-order valence-electron chi connectivity index (χ3n) is 2.71. The van der Waals surface area contributed by atoms with Gasteiger partial charge in [0.25, 0.3) is 0 Å². The molecule has 0 saturated heterocycles. The molecule has 3 nitrogen and oxygen atoms in total. The van der Waals surface area contributed by atoms with Crippen molar-refractivity contribution in [2.75, 3.05) is 0 Å². The van der Waals surface area contributed by atoms with Crippen molar-refractivity contribution < 1.29 is 15.0 Å². The van der Waals surface area contributed by atoms with E-state index in [0.717, 1.165) is 5.56 Å². The van der Waals surface area contributed by atoms with Gasteiger partial charge in [-0.3, -0.25) is 0 Å². The second-order valence-corrected chi connectivity index (χ2v) is 4.86. The molecule has 2 rings (SSSR count). The molecule has 0 aliphatic carbocycles. The number of aromatic hydroxyl groups is 1. The Morgan fingerprint density at radius 3 is 2.42 bits per heavy atom. The molecule has 0 spiro atoms. The van der Waals surface area contributed by atoms with Crippen molar-refractivity contribution in [3.05, 3.63) is 63.1 Å². The van der Waals surface area contributed by atoms with Gasteiger partial charge in [-0.1, -0.05) is 41.4 Å². The summed E-state index contributed by atoms with van der Waals surface area (Å²) in [5.74, 6) is -1.64. The quantitative estimate of drug-likeness (QED) is 0.900. The number of carboxylic acids is 1. The highest BCUT2D eigenvalue weighted by molar-refractivity contribution is 6.32. The average Bonchev–Trinajstić information content (AvgIpc) is 2.36. The Hall–Kier alpha value is -1.71. The van der Waals surface area contributed by atoms with Crippen LogP contribution in [0.5, 0.6) is 5.75 Å². The molecule has 98 valence electrons. The van der Waals surface area contributed by atoms with E-state index in [-0.39, 0.29) is 10.6 Å². The number of benzene rings is 2. The number of hydrogen-bond acceptors (Lipinski definition) is 2. The van der Waals surface area contributed by atoms with Crippen LogP contribution in [0.2, 0.25) is 10.0 Å². The number of hydrogen-bond donors (Lipinski definition) is 2. The van der Waals surface area contributed by atoms with Gasteiger partial charge in [0.05, 0.1) is 5.02 Å². The molecular formula is C14H10Cl2O3. The minimum Gasteiger partial charge on any atom is -0.505 e. The second-order valence-electron chi connectivity index (χ2n) is 4.05. The van der Waals surface area contributed by atoms with Crippen LogP contribution in [-0.2, 0) is 6.42 Å². The van der Waals surface area contributed by atoms with Gasteiger partial charge in [-0.05, 0) is 35.7 Å². The summed E-state index contributed by atoms with van der Waals surface area (Å²) in [5.41, 5.74) is 1.32. The number of phenols is 1. The highest BCUT2D eigenvalue weighted by Crippen LogP contribution is 2.30. The predicted molar refractivity (Wildman–Crippen MR) is 74.3 cm³/mol. The van der Waals surface area contributed by atoms with E-state index in [1.54, 1.807) is 6.07 Å². The van der Waals surface area contributed by atoms with Crippen LogP contribution in [0.3, 0.4) is 0 Å². The van der Waals surface area contributed by atoms with Gasteiger partial charge >= 0.3 is 5.97 Å². The summed E-state index contributed by atoms with van der Waals surface area (Å²) >= 11 is 11.9. The maximum Gasteiger partial charge on any atom is 0.339 e. The molecule has 0 atom stereocenters. The minimum absolute atomic E-state index is 0.0157. The maximum atomic E-state index is 11.0. The number of carbonyl (C=O) groups is 1. The molecule has 2 aromatic rings. The first kappa shape index (κ1) is 13.7. The largest absolute Gasteiger partial charge is 0.505 e. The first-order valence-electron chi connectivity index (χ1n) is 5.47. The number of rotatable bonds is 3. The van der Waals surface area contributed by atoms with Crippen LogP contribution in [0.25, 0.3) is 0 Å². The molecular weight excluding hydrogens is 287 g/mol. The first-order chi connectivity index (χ1) is 8.99. The van der Waals surface area contributed by atoms with Gasteiger partial charge in [0.2, 0.25) is 0 Å². The molecule has 0 radical (unpaired) electrons. The minimum atomic E-state index is -1.22. The van der Waals surface area contributed by atoms with Crippen molar-refractivity contribution in [1.29, 1.82) is 0 Å². The van der Waals surface area contributed by atoms with Crippen molar-refractivity contribution in [2.45, 2.75) is 6.42 Å². The Balaban J connectivity index is 2.42. The number of aromatic carboxylic acids is 1. The Bertz CT molecular complexity index is 639. The average molecular weight is 297 g/mol. The molecule has 0 unspecified atom stereocenters. The number of halogens is 2. The molecule has 2 N–H and O–H groups in total. The molecule has 0 fully saturated rings. The molecule has 0 saturated carbocycles. The van der Waals surface area contributed by atoms with Gasteiger partial charge in [0.1, 0.15) is 11.3 Å². The maximum absolute atomic E-state index is 11.0. The Morgan fingerprint density at radius 1 is 1.11 bits per heavy atom. The predicted octanol–water partition coefficient (Wildman–Crippen LogP) is 3.99. The smallest absolute Gasteiger partial charge is 0.339 e. The van der Waals surface area contributed by atoms with Gasteiger partial charge in [-0.15, -0.1) is 0 Å². The molecule has 0 heterocycles. The summed E-state index contributed by atoms with van der Waals surface area (Å²) in [6.45, 7) is 0. The summed E-state index contributed by atoms with van der Waals surface area (Å²) < 4.78 is 0. The second kappa shape index (κ2) is 5.51. The van der Waals surface area contributed by atoms with Gasteiger partial charge in [-0.25, -0.2) is 4.79 Å². The lowest BCUT2D eigenvalue weighted by Gasteiger charge is -2.08. The SMILES string of the molecule is O=C(O)c1cc(Cc2ccccc2Cl)cc(Cl)c1O. The van der Waals surface area contributed by atoms with E-state index < -0.39 is 11.7 Å². The zero-order valence-electron chi connectivity index (χ0n) is 9.73. The van der Waals surface area contributed by atoms with Gasteiger partial charge < -0.3 is 10.2 Å². The highest BCUT2D eigenvalue weighted by atomic mass is 35.5. The van der Waals surface area contributed by atoms with Crippen LogP contribution in [0, 0.1) is 0 Å². The molecule has 0 bridgehead atoms. The van der Waals surface area contributed by atoms with E-state index in [1.807, 2.05) is 18.2 Å². The van der Waals surface area contributed by atoms with E-state index in [0.29, 0.717) is 17.0 Å². The van der Waals surface area contributed by atoms with E-state index >= 15 is 0 Å². The van der Waals surface area contributed by atoms with Crippen LogP contribution in [0.15, 0.2) is 36.4 Å². The lowest BCUT2D eigenvalue weighted by Crippen LogP contribution is -2.00. The van der Waals surface area contributed by atoms with Crippen molar-refractivity contribution in [2.24, 2.45) is 0 Å². The summed E-state index contributed by atoms with van der Waals surface area (Å²) in [7, 11) is 0. The zero-order valence-corrected chi connectivity index (χ0v) is 11.2. The summed E-state index contributed by atoms with van der Waals surface area (Å²) in [5, 5.41) is 19.2. The molecule has 19 heavy (non-hydrogen) atoms.